The van der Waals surface area contributed by atoms with Crippen molar-refractivity contribution in [3.05, 3.63) is 66.5 Å². The van der Waals surface area contributed by atoms with Crippen molar-refractivity contribution in [1.29, 1.82) is 0 Å². The van der Waals surface area contributed by atoms with E-state index in [0.717, 1.165) is 30.7 Å². The number of amides is 1. The van der Waals surface area contributed by atoms with E-state index >= 15 is 0 Å². The highest BCUT2D eigenvalue weighted by Crippen LogP contribution is 2.17. The molecule has 0 saturated carbocycles. The fourth-order valence-corrected chi connectivity index (χ4v) is 3.38. The monoisotopic (exact) mass is 377 g/mol. The molecule has 28 heavy (non-hydrogen) atoms. The van der Waals surface area contributed by atoms with Crippen molar-refractivity contribution >= 4 is 16.9 Å². The summed E-state index contributed by atoms with van der Waals surface area (Å²) in [4.78, 5) is 23.6. The molecule has 0 N–H and O–H groups in total. The van der Waals surface area contributed by atoms with E-state index in [4.69, 9.17) is 9.47 Å². The molecular weight excluding hydrogens is 354 g/mol. The number of carbonyl (C=O) groups excluding carboxylic acids is 1. The van der Waals surface area contributed by atoms with Crippen molar-refractivity contribution in [2.45, 2.75) is 18.9 Å². The molecule has 3 aromatic rings. The van der Waals surface area contributed by atoms with Crippen LogP contribution < -0.4 is 4.74 Å². The van der Waals surface area contributed by atoms with Gasteiger partial charge in [-0.1, -0.05) is 18.2 Å². The first kappa shape index (κ1) is 18.4. The van der Waals surface area contributed by atoms with Gasteiger partial charge in [0.1, 0.15) is 12.4 Å². The Morgan fingerprint density at radius 2 is 1.93 bits per heavy atom. The Bertz CT molecular complexity index is 926. The second-order valence-corrected chi connectivity index (χ2v) is 6.81. The zero-order chi connectivity index (χ0) is 19.2. The summed E-state index contributed by atoms with van der Waals surface area (Å²) in [5, 5.41) is 0. The smallest absolute Gasteiger partial charge is 0.254 e. The molecule has 6 heteroatoms. The lowest BCUT2D eigenvalue weighted by atomic mass is 10.1. The Labute approximate surface area is 164 Å². The van der Waals surface area contributed by atoms with Crippen molar-refractivity contribution in [3.63, 3.8) is 0 Å². The summed E-state index contributed by atoms with van der Waals surface area (Å²) in [6, 6.07) is 15.1. The number of fused-ring (bicyclic) bond motifs is 1. The van der Waals surface area contributed by atoms with E-state index in [1.54, 1.807) is 24.5 Å². The van der Waals surface area contributed by atoms with Gasteiger partial charge < -0.3 is 14.4 Å². The van der Waals surface area contributed by atoms with Gasteiger partial charge in [-0.25, -0.2) is 0 Å². The van der Waals surface area contributed by atoms with Gasteiger partial charge in [-0.15, -0.1) is 0 Å². The minimum absolute atomic E-state index is 0.0419. The molecule has 144 valence electrons. The first-order chi connectivity index (χ1) is 13.8. The van der Waals surface area contributed by atoms with Gasteiger partial charge in [0.15, 0.2) is 0 Å². The van der Waals surface area contributed by atoms with Gasteiger partial charge in [0, 0.05) is 31.1 Å². The molecule has 0 unspecified atom stereocenters. The summed E-state index contributed by atoms with van der Waals surface area (Å²) in [6.45, 7) is 2.25. The highest BCUT2D eigenvalue weighted by atomic mass is 16.5. The Morgan fingerprint density at radius 1 is 1.11 bits per heavy atom. The van der Waals surface area contributed by atoms with Crippen LogP contribution in [0.4, 0.5) is 0 Å². The zero-order valence-electron chi connectivity index (χ0n) is 15.7. The maximum atomic E-state index is 13.2. The molecule has 0 spiro atoms. The van der Waals surface area contributed by atoms with Crippen LogP contribution in [0.3, 0.4) is 0 Å². The van der Waals surface area contributed by atoms with Crippen molar-refractivity contribution in [2.24, 2.45) is 0 Å². The van der Waals surface area contributed by atoms with Crippen LogP contribution in [0.1, 0.15) is 23.2 Å². The molecule has 6 nitrogen and oxygen atoms in total. The lowest BCUT2D eigenvalue weighted by Gasteiger charge is -2.25. The number of nitrogens with zero attached hydrogens (tertiary/aromatic N) is 3. The molecule has 2 aromatic carbocycles. The summed E-state index contributed by atoms with van der Waals surface area (Å²) in [6.07, 6.45) is 5.38. The Hall–Kier alpha value is -2.99. The lowest BCUT2D eigenvalue weighted by Crippen LogP contribution is -2.40. The van der Waals surface area contributed by atoms with E-state index in [1.165, 1.54) is 0 Å². The van der Waals surface area contributed by atoms with Crippen LogP contribution >= 0.6 is 0 Å². The van der Waals surface area contributed by atoms with E-state index < -0.39 is 0 Å². The third-order valence-corrected chi connectivity index (χ3v) is 4.82. The van der Waals surface area contributed by atoms with Gasteiger partial charge in [-0.05, 0) is 43.2 Å². The molecule has 0 radical (unpaired) electrons. The number of hydrogen-bond donors (Lipinski definition) is 0. The predicted octanol–water partition coefficient (Wildman–Crippen LogP) is 3.33. The second-order valence-electron chi connectivity index (χ2n) is 6.81. The van der Waals surface area contributed by atoms with Crippen molar-refractivity contribution in [1.82, 2.24) is 14.9 Å². The summed E-state index contributed by atoms with van der Waals surface area (Å²) >= 11 is 0. The maximum Gasteiger partial charge on any atom is 0.254 e. The summed E-state index contributed by atoms with van der Waals surface area (Å²) in [5.41, 5.74) is 2.09. The SMILES string of the molecule is O=C(c1ccc2nccnc2c1)N(CCOc1ccccc1)C[C@@H]1CCCO1. The third kappa shape index (κ3) is 4.46. The number of hydrogen-bond acceptors (Lipinski definition) is 5. The number of para-hydroxylation sites is 1. The van der Waals surface area contributed by atoms with E-state index in [-0.39, 0.29) is 12.0 Å². The van der Waals surface area contributed by atoms with E-state index in [1.807, 2.05) is 41.3 Å². The van der Waals surface area contributed by atoms with Crippen LogP contribution in [0.5, 0.6) is 5.75 Å². The number of rotatable bonds is 7. The number of carbonyl (C=O) groups is 1. The summed E-state index contributed by atoms with van der Waals surface area (Å²) in [5.74, 6) is 0.757. The summed E-state index contributed by atoms with van der Waals surface area (Å²) < 4.78 is 11.5. The standard InChI is InChI=1S/C22H23N3O3/c26-22(17-8-9-20-21(15-17)24-11-10-23-20)25(16-19-7-4-13-27-19)12-14-28-18-5-2-1-3-6-18/h1-3,5-6,8-11,15,19H,4,7,12-14,16H2/t19-/m0/s1. The maximum absolute atomic E-state index is 13.2. The molecule has 2 heterocycles. The molecule has 0 aliphatic carbocycles. The lowest BCUT2D eigenvalue weighted by molar-refractivity contribution is 0.0494. The minimum atomic E-state index is -0.0419. The Balaban J connectivity index is 1.48. The van der Waals surface area contributed by atoms with Crippen molar-refractivity contribution < 1.29 is 14.3 Å². The van der Waals surface area contributed by atoms with Crippen molar-refractivity contribution in [3.8, 4) is 5.75 Å². The van der Waals surface area contributed by atoms with Crippen LogP contribution in [-0.2, 0) is 4.74 Å². The normalized spacial score (nSPS) is 16.2. The molecule has 1 amide bonds. The first-order valence-electron chi connectivity index (χ1n) is 9.59. The average molecular weight is 377 g/mol. The molecule has 1 atom stereocenters. The van der Waals surface area contributed by atoms with Crippen LogP contribution in [0.15, 0.2) is 60.9 Å². The predicted molar refractivity (Wildman–Crippen MR) is 106 cm³/mol. The van der Waals surface area contributed by atoms with Gasteiger partial charge in [0.2, 0.25) is 0 Å². The topological polar surface area (TPSA) is 64.6 Å². The van der Waals surface area contributed by atoms with Gasteiger partial charge in [-0.3, -0.25) is 14.8 Å². The van der Waals surface area contributed by atoms with Crippen LogP contribution in [0, 0.1) is 0 Å². The van der Waals surface area contributed by atoms with Gasteiger partial charge >= 0.3 is 0 Å². The fraction of sp³-hybridized carbons (Fsp3) is 0.318. The number of ether oxygens (including phenoxy) is 2. The molecule has 1 aliphatic heterocycles. The van der Waals surface area contributed by atoms with Crippen LogP contribution in [-0.4, -0.2) is 53.2 Å². The van der Waals surface area contributed by atoms with Crippen molar-refractivity contribution in [2.75, 3.05) is 26.3 Å². The van der Waals surface area contributed by atoms with Gasteiger partial charge in [0.25, 0.3) is 5.91 Å². The first-order valence-corrected chi connectivity index (χ1v) is 9.59. The largest absolute Gasteiger partial charge is 0.492 e. The fourth-order valence-electron chi connectivity index (χ4n) is 3.38. The van der Waals surface area contributed by atoms with Gasteiger partial charge in [-0.2, -0.15) is 0 Å². The third-order valence-electron chi connectivity index (χ3n) is 4.82. The molecule has 1 aliphatic rings. The average Bonchev–Trinajstić information content (AvgIpc) is 3.26. The highest BCUT2D eigenvalue weighted by molar-refractivity contribution is 5.97. The quantitative estimate of drug-likeness (QED) is 0.632. The van der Waals surface area contributed by atoms with Crippen LogP contribution in [0.25, 0.3) is 11.0 Å². The molecule has 1 aromatic heterocycles. The minimum Gasteiger partial charge on any atom is -0.492 e. The molecule has 0 bridgehead atoms. The Morgan fingerprint density at radius 3 is 2.71 bits per heavy atom. The molecular formula is C22H23N3O3. The van der Waals surface area contributed by atoms with E-state index in [9.17, 15) is 4.79 Å². The Kier molecular flexibility index (Phi) is 5.77. The highest BCUT2D eigenvalue weighted by Gasteiger charge is 2.23. The van der Waals surface area contributed by atoms with E-state index in [2.05, 4.69) is 9.97 Å². The molecule has 1 fully saturated rings. The second kappa shape index (κ2) is 8.80. The zero-order valence-corrected chi connectivity index (χ0v) is 15.7. The number of aromatic nitrogens is 2. The number of benzene rings is 2. The molecule has 4 rings (SSSR count). The van der Waals surface area contributed by atoms with Gasteiger partial charge in [0.05, 0.1) is 23.7 Å². The van der Waals surface area contributed by atoms with E-state index in [0.29, 0.717) is 30.8 Å². The molecule has 1 saturated heterocycles. The van der Waals surface area contributed by atoms with Crippen LogP contribution in [0.2, 0.25) is 0 Å². The summed E-state index contributed by atoms with van der Waals surface area (Å²) in [7, 11) is 0.